The van der Waals surface area contributed by atoms with Gasteiger partial charge in [-0.2, -0.15) is 10.5 Å². The molecule has 0 amide bonds. The van der Waals surface area contributed by atoms with Crippen molar-refractivity contribution < 1.29 is 9.53 Å². The summed E-state index contributed by atoms with van der Waals surface area (Å²) in [5.74, 6) is 0.311. The number of hydrogen-bond acceptors (Lipinski definition) is 6. The molecule has 7 nitrogen and oxygen atoms in total. The molecule has 0 aliphatic rings. The molecule has 2 aromatic heterocycles. The van der Waals surface area contributed by atoms with E-state index < -0.39 is 0 Å². The van der Waals surface area contributed by atoms with Gasteiger partial charge in [-0.15, -0.1) is 0 Å². The molecule has 1 aromatic carbocycles. The maximum Gasteiger partial charge on any atom is 0.211 e. The van der Waals surface area contributed by atoms with E-state index in [0.29, 0.717) is 22.4 Å². The summed E-state index contributed by atoms with van der Waals surface area (Å²) >= 11 is 0. The Bertz CT molecular complexity index is 1140. The summed E-state index contributed by atoms with van der Waals surface area (Å²) in [7, 11) is 1.54. The number of nitrogens with two attached hydrogens (primary N) is 2. The fourth-order valence-electron chi connectivity index (χ4n) is 2.89. The highest BCUT2D eigenvalue weighted by atomic mass is 16.5. The van der Waals surface area contributed by atoms with Gasteiger partial charge >= 0.3 is 0 Å². The van der Waals surface area contributed by atoms with Crippen molar-refractivity contribution in [2.75, 3.05) is 12.8 Å². The first kappa shape index (κ1) is 17.6. The van der Waals surface area contributed by atoms with Gasteiger partial charge in [-0.05, 0) is 36.4 Å². The molecule has 3 rings (SSSR count). The molecule has 0 unspecified atom stereocenters. The van der Waals surface area contributed by atoms with Crippen molar-refractivity contribution in [3.05, 3.63) is 71.1 Å². The lowest BCUT2D eigenvalue weighted by Crippen LogP contribution is -2.08. The zero-order valence-corrected chi connectivity index (χ0v) is 14.4. The number of carbonyl (C=O) groups is 1. The maximum atomic E-state index is 13.1. The number of fused-ring (bicyclic) bond motifs is 1. The van der Waals surface area contributed by atoms with E-state index in [0.717, 1.165) is 0 Å². The van der Waals surface area contributed by atoms with Crippen molar-refractivity contribution in [3.63, 3.8) is 0 Å². The number of carbonyl (C=O) groups excluding carboxylic acids is 1. The zero-order valence-electron chi connectivity index (χ0n) is 14.4. The van der Waals surface area contributed by atoms with Crippen LogP contribution >= 0.6 is 0 Å². The number of nitrogen functional groups attached to an aromatic ring is 1. The standard InChI is InChI=1S/C20H15N5O2/c1-27-14-7-5-12(6-8-14)20(26)19-18(24)16(17(23)13(10-21)11-22)15-4-2-3-9-25(15)19/h2-9H,23-24H2,1H3. The molecule has 3 aromatic rings. The van der Waals surface area contributed by atoms with E-state index >= 15 is 0 Å². The molecule has 4 N–H and O–H groups in total. The number of nitrogens with zero attached hydrogens (tertiary/aromatic N) is 3. The molecule has 0 atom stereocenters. The molecular formula is C20H15N5O2. The summed E-state index contributed by atoms with van der Waals surface area (Å²) in [6.07, 6.45) is 1.68. The van der Waals surface area contributed by atoms with Crippen molar-refractivity contribution in [2.24, 2.45) is 5.73 Å². The minimum Gasteiger partial charge on any atom is -0.497 e. The Morgan fingerprint density at radius 2 is 1.78 bits per heavy atom. The third-order valence-electron chi connectivity index (χ3n) is 4.21. The number of rotatable bonds is 4. The Morgan fingerprint density at radius 1 is 1.11 bits per heavy atom. The van der Waals surface area contributed by atoms with Gasteiger partial charge in [0.05, 0.1) is 24.0 Å². The minimum absolute atomic E-state index is 0.0602. The molecule has 27 heavy (non-hydrogen) atoms. The van der Waals surface area contributed by atoms with Crippen LogP contribution in [-0.2, 0) is 0 Å². The van der Waals surface area contributed by atoms with Crippen molar-refractivity contribution in [1.82, 2.24) is 4.40 Å². The Hall–Kier alpha value is -4.23. The van der Waals surface area contributed by atoms with Crippen LogP contribution in [0.5, 0.6) is 5.75 Å². The molecule has 0 saturated heterocycles. The normalized spacial score (nSPS) is 10.0. The minimum atomic E-state index is -0.314. The molecular weight excluding hydrogens is 342 g/mol. The van der Waals surface area contributed by atoms with Gasteiger partial charge in [-0.3, -0.25) is 4.79 Å². The fourth-order valence-corrected chi connectivity index (χ4v) is 2.89. The average molecular weight is 357 g/mol. The largest absolute Gasteiger partial charge is 0.497 e. The highest BCUT2D eigenvalue weighted by molar-refractivity contribution is 6.14. The highest BCUT2D eigenvalue weighted by Crippen LogP contribution is 2.33. The van der Waals surface area contributed by atoms with E-state index in [1.54, 1.807) is 72.3 Å². The van der Waals surface area contributed by atoms with Crippen LogP contribution in [0.15, 0.2) is 54.2 Å². The van der Waals surface area contributed by atoms with Crippen LogP contribution in [0.4, 0.5) is 5.69 Å². The number of ketones is 1. The van der Waals surface area contributed by atoms with Gasteiger partial charge in [0.2, 0.25) is 5.78 Å². The van der Waals surface area contributed by atoms with E-state index in [-0.39, 0.29) is 28.4 Å². The maximum absolute atomic E-state index is 13.1. The molecule has 0 aliphatic carbocycles. The van der Waals surface area contributed by atoms with Crippen LogP contribution < -0.4 is 16.2 Å². The molecule has 7 heteroatoms. The van der Waals surface area contributed by atoms with Crippen LogP contribution in [0.25, 0.3) is 11.2 Å². The Morgan fingerprint density at radius 3 is 2.37 bits per heavy atom. The lowest BCUT2D eigenvalue weighted by molar-refractivity contribution is 0.103. The van der Waals surface area contributed by atoms with Crippen LogP contribution in [0.2, 0.25) is 0 Å². The number of nitriles is 2. The summed E-state index contributed by atoms with van der Waals surface area (Å²) in [4.78, 5) is 13.1. The van der Waals surface area contributed by atoms with Crippen molar-refractivity contribution >= 4 is 22.7 Å². The van der Waals surface area contributed by atoms with Crippen LogP contribution in [0.1, 0.15) is 21.6 Å². The third kappa shape index (κ3) is 2.84. The number of methoxy groups -OCH3 is 1. The van der Waals surface area contributed by atoms with Crippen molar-refractivity contribution in [3.8, 4) is 17.9 Å². The van der Waals surface area contributed by atoms with Gasteiger partial charge in [0, 0.05) is 17.3 Å². The van der Waals surface area contributed by atoms with E-state index in [1.165, 1.54) is 0 Å². The van der Waals surface area contributed by atoms with Crippen molar-refractivity contribution in [1.29, 1.82) is 10.5 Å². The Labute approximate surface area is 155 Å². The molecule has 0 saturated carbocycles. The van der Waals surface area contributed by atoms with Gasteiger partial charge < -0.3 is 20.6 Å². The number of aromatic nitrogens is 1. The van der Waals surface area contributed by atoms with Crippen LogP contribution in [-0.4, -0.2) is 17.3 Å². The topological polar surface area (TPSA) is 130 Å². The summed E-state index contributed by atoms with van der Waals surface area (Å²) in [5.41, 5.74) is 13.5. The first-order valence-electron chi connectivity index (χ1n) is 7.91. The van der Waals surface area contributed by atoms with Crippen LogP contribution in [0.3, 0.4) is 0 Å². The quantitative estimate of drug-likeness (QED) is 0.545. The monoisotopic (exact) mass is 357 g/mol. The third-order valence-corrected chi connectivity index (χ3v) is 4.21. The van der Waals surface area contributed by atoms with Crippen LogP contribution in [0, 0.1) is 22.7 Å². The number of benzene rings is 1. The predicted octanol–water partition coefficient (Wildman–Crippen LogP) is 2.48. The predicted molar refractivity (Wildman–Crippen MR) is 101 cm³/mol. The Kier molecular flexibility index (Phi) is 4.52. The average Bonchev–Trinajstić information content (AvgIpc) is 3.00. The van der Waals surface area contributed by atoms with Crippen molar-refractivity contribution in [2.45, 2.75) is 0 Å². The van der Waals surface area contributed by atoms with E-state index in [9.17, 15) is 4.79 Å². The molecule has 0 bridgehead atoms. The number of hydrogen-bond donors (Lipinski definition) is 2. The van der Waals surface area contributed by atoms with Gasteiger partial charge in [-0.1, -0.05) is 6.07 Å². The molecule has 0 spiro atoms. The van der Waals surface area contributed by atoms with E-state index in [1.807, 2.05) is 0 Å². The first-order valence-corrected chi connectivity index (χ1v) is 7.91. The fraction of sp³-hybridized carbons (Fsp3) is 0.0500. The van der Waals surface area contributed by atoms with E-state index in [4.69, 9.17) is 26.7 Å². The Balaban J connectivity index is 2.27. The second-order valence-electron chi connectivity index (χ2n) is 5.66. The lowest BCUT2D eigenvalue weighted by atomic mass is 10.0. The molecule has 0 radical (unpaired) electrons. The zero-order chi connectivity index (χ0) is 19.6. The number of anilines is 1. The first-order chi connectivity index (χ1) is 13.0. The molecule has 0 aliphatic heterocycles. The number of pyridine rings is 1. The van der Waals surface area contributed by atoms with Gasteiger partial charge in [0.1, 0.15) is 23.6 Å². The summed E-state index contributed by atoms with van der Waals surface area (Å²) in [5, 5.41) is 18.3. The molecule has 132 valence electrons. The second kappa shape index (κ2) is 6.95. The number of allylic oxidation sites excluding steroid dienone is 1. The smallest absolute Gasteiger partial charge is 0.211 e. The molecule has 0 fully saturated rings. The summed E-state index contributed by atoms with van der Waals surface area (Å²) < 4.78 is 6.72. The van der Waals surface area contributed by atoms with Gasteiger partial charge in [0.15, 0.2) is 5.57 Å². The lowest BCUT2D eigenvalue weighted by Gasteiger charge is -2.05. The highest BCUT2D eigenvalue weighted by Gasteiger charge is 2.24. The summed E-state index contributed by atoms with van der Waals surface area (Å²) in [6, 6.07) is 15.4. The SMILES string of the molecule is COc1ccc(C(=O)c2c(N)c(C(N)=C(C#N)C#N)c3ccccn23)cc1. The molecule has 2 heterocycles. The summed E-state index contributed by atoms with van der Waals surface area (Å²) in [6.45, 7) is 0. The number of ether oxygens (including phenoxy) is 1. The second-order valence-corrected chi connectivity index (χ2v) is 5.66. The van der Waals surface area contributed by atoms with Gasteiger partial charge in [-0.25, -0.2) is 0 Å². The van der Waals surface area contributed by atoms with Gasteiger partial charge in [0.25, 0.3) is 0 Å². The van der Waals surface area contributed by atoms with E-state index in [2.05, 4.69) is 0 Å².